The maximum absolute atomic E-state index is 3.56. The van der Waals surface area contributed by atoms with Crippen LogP contribution in [0.1, 0.15) is 52.6 Å². The molecule has 0 amide bonds. The minimum atomic E-state index is 0.264. The summed E-state index contributed by atoms with van der Waals surface area (Å²) in [5.74, 6) is 0. The minimum Gasteiger partial charge on any atom is -0.310 e. The van der Waals surface area contributed by atoms with E-state index < -0.39 is 0 Å². The zero-order chi connectivity index (χ0) is 12.9. The molecule has 2 heteroatoms. The van der Waals surface area contributed by atoms with Crippen molar-refractivity contribution in [2.75, 3.05) is 6.54 Å². The summed E-state index contributed by atoms with van der Waals surface area (Å²) in [5.41, 5.74) is 1.44. The van der Waals surface area contributed by atoms with Crippen molar-refractivity contribution in [3.8, 4) is 0 Å². The van der Waals surface area contributed by atoms with Crippen LogP contribution in [0.4, 0.5) is 0 Å². The lowest BCUT2D eigenvalue weighted by atomic mass is 10.0. The molecule has 1 N–H and O–H groups in total. The van der Waals surface area contributed by atoms with Crippen LogP contribution in [0.2, 0.25) is 0 Å². The smallest absolute Gasteiger partial charge is 0.0328 e. The van der Waals surface area contributed by atoms with Crippen LogP contribution in [0.15, 0.2) is 29.2 Å². The largest absolute Gasteiger partial charge is 0.310 e. The van der Waals surface area contributed by atoms with Gasteiger partial charge >= 0.3 is 0 Å². The maximum Gasteiger partial charge on any atom is 0.0328 e. The first kappa shape index (κ1) is 14.6. The average Bonchev–Trinajstić information content (AvgIpc) is 2.25. The highest BCUT2D eigenvalue weighted by atomic mass is 32.2. The SMILES string of the molecule is CCNC(CC)c1ccccc1SC(C)(C)C. The van der Waals surface area contributed by atoms with Gasteiger partial charge in [-0.3, -0.25) is 0 Å². The predicted molar refractivity (Wildman–Crippen MR) is 78.8 cm³/mol. The van der Waals surface area contributed by atoms with E-state index in [4.69, 9.17) is 0 Å². The van der Waals surface area contributed by atoms with Gasteiger partial charge in [-0.05, 0) is 24.6 Å². The lowest BCUT2D eigenvalue weighted by molar-refractivity contribution is 0.530. The fraction of sp³-hybridized carbons (Fsp3) is 0.600. The summed E-state index contributed by atoms with van der Waals surface area (Å²) in [6, 6.07) is 9.25. The van der Waals surface area contributed by atoms with Crippen LogP contribution in [-0.2, 0) is 0 Å². The van der Waals surface area contributed by atoms with Gasteiger partial charge in [-0.25, -0.2) is 0 Å². The Bertz CT molecular complexity index is 341. The molecule has 1 unspecified atom stereocenters. The van der Waals surface area contributed by atoms with Crippen molar-refractivity contribution in [2.24, 2.45) is 0 Å². The molecule has 0 bridgehead atoms. The Morgan fingerprint density at radius 1 is 1.18 bits per heavy atom. The minimum absolute atomic E-state index is 0.264. The Kier molecular flexibility index (Phi) is 5.54. The second-order valence-electron chi connectivity index (χ2n) is 5.27. The number of rotatable bonds is 5. The van der Waals surface area contributed by atoms with Gasteiger partial charge in [0.15, 0.2) is 0 Å². The molecule has 0 radical (unpaired) electrons. The molecule has 17 heavy (non-hydrogen) atoms. The lowest BCUT2D eigenvalue weighted by Crippen LogP contribution is -2.21. The summed E-state index contributed by atoms with van der Waals surface area (Å²) in [4.78, 5) is 1.41. The highest BCUT2D eigenvalue weighted by Crippen LogP contribution is 2.36. The first-order chi connectivity index (χ1) is 7.98. The molecule has 0 aliphatic rings. The van der Waals surface area contributed by atoms with Crippen LogP contribution in [0.25, 0.3) is 0 Å². The molecule has 0 spiro atoms. The van der Waals surface area contributed by atoms with E-state index in [1.54, 1.807) is 0 Å². The fourth-order valence-electron chi connectivity index (χ4n) is 1.91. The van der Waals surface area contributed by atoms with Crippen molar-refractivity contribution < 1.29 is 0 Å². The third-order valence-electron chi connectivity index (χ3n) is 2.57. The number of thioether (sulfide) groups is 1. The van der Waals surface area contributed by atoms with E-state index in [0.29, 0.717) is 6.04 Å². The standard InChI is InChI=1S/C15H25NS/c1-6-13(16-7-2)12-10-8-9-11-14(12)17-15(3,4)5/h8-11,13,16H,6-7H2,1-5H3. The van der Waals surface area contributed by atoms with Crippen LogP contribution >= 0.6 is 11.8 Å². The van der Waals surface area contributed by atoms with Gasteiger partial charge < -0.3 is 5.32 Å². The lowest BCUT2D eigenvalue weighted by Gasteiger charge is -2.24. The second kappa shape index (κ2) is 6.46. The number of hydrogen-bond donors (Lipinski definition) is 1. The topological polar surface area (TPSA) is 12.0 Å². The van der Waals surface area contributed by atoms with Crippen molar-refractivity contribution in [3.63, 3.8) is 0 Å². The van der Waals surface area contributed by atoms with Crippen LogP contribution in [0.5, 0.6) is 0 Å². The summed E-state index contributed by atoms with van der Waals surface area (Å²) in [6.45, 7) is 12.2. The molecule has 1 atom stereocenters. The summed E-state index contributed by atoms with van der Waals surface area (Å²) in [7, 11) is 0. The van der Waals surface area contributed by atoms with E-state index in [1.807, 2.05) is 11.8 Å². The molecule has 1 rings (SSSR count). The molecule has 0 fully saturated rings. The van der Waals surface area contributed by atoms with Gasteiger partial charge in [-0.1, -0.05) is 52.8 Å². The van der Waals surface area contributed by atoms with Crippen LogP contribution in [0, 0.1) is 0 Å². The zero-order valence-electron chi connectivity index (χ0n) is 11.7. The first-order valence-electron chi connectivity index (χ1n) is 6.49. The van der Waals surface area contributed by atoms with Gasteiger partial charge in [0, 0.05) is 15.7 Å². The Labute approximate surface area is 110 Å². The van der Waals surface area contributed by atoms with Crippen LogP contribution in [0.3, 0.4) is 0 Å². The number of nitrogens with one attached hydrogen (secondary N) is 1. The third kappa shape index (κ3) is 4.72. The monoisotopic (exact) mass is 251 g/mol. The molecule has 1 aromatic carbocycles. The van der Waals surface area contributed by atoms with E-state index in [1.165, 1.54) is 10.5 Å². The molecular formula is C15H25NS. The van der Waals surface area contributed by atoms with Crippen LogP contribution in [-0.4, -0.2) is 11.3 Å². The number of benzene rings is 1. The Morgan fingerprint density at radius 2 is 1.82 bits per heavy atom. The van der Waals surface area contributed by atoms with Gasteiger partial charge in [-0.15, -0.1) is 11.8 Å². The molecule has 0 heterocycles. The van der Waals surface area contributed by atoms with Gasteiger partial charge in [0.25, 0.3) is 0 Å². The van der Waals surface area contributed by atoms with Gasteiger partial charge in [0.05, 0.1) is 0 Å². The molecule has 1 nitrogen and oxygen atoms in total. The maximum atomic E-state index is 3.56. The van der Waals surface area contributed by atoms with Gasteiger partial charge in [0.2, 0.25) is 0 Å². The Hall–Kier alpha value is -0.470. The van der Waals surface area contributed by atoms with Gasteiger partial charge in [0.1, 0.15) is 0 Å². The molecule has 0 aliphatic carbocycles. The molecule has 0 aromatic heterocycles. The zero-order valence-corrected chi connectivity index (χ0v) is 12.5. The Morgan fingerprint density at radius 3 is 2.35 bits per heavy atom. The van der Waals surface area contributed by atoms with Crippen molar-refractivity contribution in [3.05, 3.63) is 29.8 Å². The Balaban J connectivity index is 2.97. The summed E-state index contributed by atoms with van der Waals surface area (Å²) in [6.07, 6.45) is 1.13. The first-order valence-corrected chi connectivity index (χ1v) is 7.31. The summed E-state index contributed by atoms with van der Waals surface area (Å²) < 4.78 is 0.264. The number of hydrogen-bond acceptors (Lipinski definition) is 2. The average molecular weight is 251 g/mol. The highest BCUT2D eigenvalue weighted by molar-refractivity contribution is 8.00. The van der Waals surface area contributed by atoms with Gasteiger partial charge in [-0.2, -0.15) is 0 Å². The fourth-order valence-corrected chi connectivity index (χ4v) is 3.05. The highest BCUT2D eigenvalue weighted by Gasteiger charge is 2.17. The van der Waals surface area contributed by atoms with E-state index >= 15 is 0 Å². The molecule has 1 aromatic rings. The van der Waals surface area contributed by atoms with Crippen molar-refractivity contribution in [2.45, 2.75) is 56.7 Å². The van der Waals surface area contributed by atoms with Crippen molar-refractivity contribution in [1.82, 2.24) is 5.32 Å². The second-order valence-corrected chi connectivity index (χ2v) is 7.14. The molecule has 0 saturated carbocycles. The molecule has 0 aliphatic heterocycles. The third-order valence-corrected chi connectivity index (χ3v) is 3.77. The van der Waals surface area contributed by atoms with Crippen molar-refractivity contribution in [1.29, 1.82) is 0 Å². The molecule has 0 saturated heterocycles. The predicted octanol–water partition coefficient (Wildman–Crippen LogP) is 4.64. The molecule has 96 valence electrons. The summed E-state index contributed by atoms with van der Waals surface area (Å²) in [5, 5.41) is 3.56. The summed E-state index contributed by atoms with van der Waals surface area (Å²) >= 11 is 1.96. The van der Waals surface area contributed by atoms with E-state index in [0.717, 1.165) is 13.0 Å². The quantitative estimate of drug-likeness (QED) is 0.765. The normalized spacial score (nSPS) is 13.7. The van der Waals surface area contributed by atoms with Crippen LogP contribution < -0.4 is 5.32 Å². The van der Waals surface area contributed by atoms with E-state index in [2.05, 4.69) is 64.2 Å². The molecular weight excluding hydrogens is 226 g/mol. The van der Waals surface area contributed by atoms with E-state index in [-0.39, 0.29) is 4.75 Å². The van der Waals surface area contributed by atoms with Crippen molar-refractivity contribution >= 4 is 11.8 Å². The van der Waals surface area contributed by atoms with E-state index in [9.17, 15) is 0 Å².